The van der Waals surface area contributed by atoms with Crippen molar-refractivity contribution in [3.8, 4) is 11.3 Å². The van der Waals surface area contributed by atoms with Gasteiger partial charge in [-0.3, -0.25) is 14.4 Å². The van der Waals surface area contributed by atoms with Crippen molar-refractivity contribution < 1.29 is 23.5 Å². The summed E-state index contributed by atoms with van der Waals surface area (Å²) in [5.41, 5.74) is 3.13. The molecule has 0 aliphatic carbocycles. The molecule has 154 valence electrons. The molecular formula is C23H22N2O5. The number of esters is 1. The number of ketones is 1. The van der Waals surface area contributed by atoms with Gasteiger partial charge in [-0.15, -0.1) is 0 Å². The largest absolute Gasteiger partial charge is 0.456 e. The second-order valence-electron chi connectivity index (χ2n) is 6.83. The van der Waals surface area contributed by atoms with Crippen LogP contribution in [-0.2, 0) is 20.7 Å². The van der Waals surface area contributed by atoms with E-state index in [0.29, 0.717) is 22.9 Å². The third kappa shape index (κ3) is 5.88. The van der Waals surface area contributed by atoms with E-state index in [1.165, 1.54) is 6.92 Å². The smallest absolute Gasteiger partial charge is 0.306 e. The van der Waals surface area contributed by atoms with Gasteiger partial charge in [0.05, 0.1) is 12.6 Å². The number of carbonyl (C=O) groups excluding carboxylic acids is 3. The molecule has 0 bridgehead atoms. The lowest BCUT2D eigenvalue weighted by atomic mass is 10.1. The number of aryl methyl sites for hydroxylation is 2. The molecule has 0 saturated heterocycles. The van der Waals surface area contributed by atoms with Gasteiger partial charge in [-0.1, -0.05) is 29.8 Å². The zero-order valence-electron chi connectivity index (χ0n) is 16.8. The van der Waals surface area contributed by atoms with Crippen molar-refractivity contribution >= 4 is 23.3 Å². The van der Waals surface area contributed by atoms with Crippen LogP contribution in [0.25, 0.3) is 11.3 Å². The molecule has 7 nitrogen and oxygen atoms in total. The fraction of sp³-hybridized carbons (Fsp3) is 0.217. The summed E-state index contributed by atoms with van der Waals surface area (Å²) in [6.07, 6.45) is 1.95. The lowest BCUT2D eigenvalue weighted by molar-refractivity contribution is -0.147. The van der Waals surface area contributed by atoms with Crippen LogP contribution in [0.4, 0.5) is 5.69 Å². The van der Waals surface area contributed by atoms with Crippen molar-refractivity contribution in [3.63, 3.8) is 0 Å². The molecule has 1 aromatic heterocycles. The average Bonchev–Trinajstić information content (AvgIpc) is 3.21. The van der Waals surface area contributed by atoms with Crippen molar-refractivity contribution in [3.05, 3.63) is 71.7 Å². The number of ether oxygens (including phenoxy) is 1. The highest BCUT2D eigenvalue weighted by Gasteiger charge is 2.12. The number of nitrogens with zero attached hydrogens (tertiary/aromatic N) is 1. The van der Waals surface area contributed by atoms with Gasteiger partial charge in [0.25, 0.3) is 5.91 Å². The van der Waals surface area contributed by atoms with Gasteiger partial charge in [0, 0.05) is 23.2 Å². The van der Waals surface area contributed by atoms with Crippen LogP contribution in [0.3, 0.4) is 0 Å². The van der Waals surface area contributed by atoms with Crippen LogP contribution >= 0.6 is 0 Å². The molecule has 1 N–H and O–H groups in total. The Hall–Kier alpha value is -3.74. The summed E-state index contributed by atoms with van der Waals surface area (Å²) in [6.45, 7) is 3.08. The molecule has 0 aliphatic heterocycles. The maximum absolute atomic E-state index is 11.9. The lowest BCUT2D eigenvalue weighted by Gasteiger charge is -2.06. The van der Waals surface area contributed by atoms with Gasteiger partial charge in [0.2, 0.25) is 0 Å². The van der Waals surface area contributed by atoms with Gasteiger partial charge in [-0.05, 0) is 38.1 Å². The minimum atomic E-state index is -0.521. The van der Waals surface area contributed by atoms with Crippen molar-refractivity contribution in [1.82, 2.24) is 4.98 Å². The third-order valence-electron chi connectivity index (χ3n) is 4.37. The summed E-state index contributed by atoms with van der Waals surface area (Å²) >= 11 is 0. The SMILES string of the molecule is CC(=O)c1ccc(NC(=O)COC(=O)CCc2ncc(-c3ccc(C)cc3)o2)cc1. The van der Waals surface area contributed by atoms with E-state index >= 15 is 0 Å². The van der Waals surface area contributed by atoms with Crippen molar-refractivity contribution in [2.45, 2.75) is 26.7 Å². The molecule has 0 aliphatic rings. The lowest BCUT2D eigenvalue weighted by Crippen LogP contribution is -2.21. The number of Topliss-reactive ketones (excluding diaryl/α,β-unsaturated/α-hetero) is 1. The minimum Gasteiger partial charge on any atom is -0.456 e. The monoisotopic (exact) mass is 406 g/mol. The fourth-order valence-electron chi connectivity index (χ4n) is 2.69. The average molecular weight is 406 g/mol. The fourth-order valence-corrected chi connectivity index (χ4v) is 2.69. The van der Waals surface area contributed by atoms with Crippen LogP contribution in [0, 0.1) is 6.92 Å². The summed E-state index contributed by atoms with van der Waals surface area (Å²) in [7, 11) is 0. The van der Waals surface area contributed by atoms with Crippen molar-refractivity contribution in [2.24, 2.45) is 0 Å². The van der Waals surface area contributed by atoms with Gasteiger partial charge in [0.15, 0.2) is 24.0 Å². The highest BCUT2D eigenvalue weighted by Crippen LogP contribution is 2.21. The highest BCUT2D eigenvalue weighted by atomic mass is 16.5. The third-order valence-corrected chi connectivity index (χ3v) is 4.37. The molecule has 3 rings (SSSR count). The molecule has 0 saturated carbocycles. The van der Waals surface area contributed by atoms with E-state index in [2.05, 4.69) is 10.3 Å². The van der Waals surface area contributed by atoms with Crippen molar-refractivity contribution in [2.75, 3.05) is 11.9 Å². The van der Waals surface area contributed by atoms with Gasteiger partial charge in [-0.2, -0.15) is 0 Å². The number of oxazole rings is 1. The second kappa shape index (κ2) is 9.65. The molecule has 30 heavy (non-hydrogen) atoms. The van der Waals surface area contributed by atoms with Crippen LogP contribution < -0.4 is 5.32 Å². The van der Waals surface area contributed by atoms with Crippen LogP contribution in [0.1, 0.15) is 35.2 Å². The number of hydrogen-bond donors (Lipinski definition) is 1. The van der Waals surface area contributed by atoms with E-state index in [9.17, 15) is 14.4 Å². The highest BCUT2D eigenvalue weighted by molar-refractivity contribution is 5.96. The van der Waals surface area contributed by atoms with E-state index in [-0.39, 0.29) is 18.6 Å². The zero-order valence-corrected chi connectivity index (χ0v) is 16.8. The molecule has 1 amide bonds. The Labute approximate surface area is 174 Å². The number of anilines is 1. The number of amides is 1. The van der Waals surface area contributed by atoms with Crippen LogP contribution in [-0.4, -0.2) is 29.3 Å². The van der Waals surface area contributed by atoms with Crippen LogP contribution in [0.2, 0.25) is 0 Å². The first-order valence-electron chi connectivity index (χ1n) is 9.49. The van der Waals surface area contributed by atoms with Crippen molar-refractivity contribution in [1.29, 1.82) is 0 Å². The van der Waals surface area contributed by atoms with E-state index in [0.717, 1.165) is 11.1 Å². The molecule has 2 aromatic carbocycles. The molecule has 0 fully saturated rings. The maximum Gasteiger partial charge on any atom is 0.306 e. The molecule has 7 heteroatoms. The number of nitrogens with one attached hydrogen (secondary N) is 1. The standard InChI is InChI=1S/C23H22N2O5/c1-15-3-5-18(6-4-15)20-13-24-22(30-20)11-12-23(28)29-14-21(27)25-19-9-7-17(8-10-19)16(2)26/h3-10,13H,11-12,14H2,1-2H3,(H,25,27). The predicted octanol–water partition coefficient (Wildman–Crippen LogP) is 3.97. The van der Waals surface area contributed by atoms with Gasteiger partial charge in [-0.25, -0.2) is 4.98 Å². The van der Waals surface area contributed by atoms with Crippen LogP contribution in [0.5, 0.6) is 0 Å². The summed E-state index contributed by atoms with van der Waals surface area (Å²) in [4.78, 5) is 39.2. The Balaban J connectivity index is 1.42. The topological polar surface area (TPSA) is 98.5 Å². The number of hydrogen-bond acceptors (Lipinski definition) is 6. The maximum atomic E-state index is 11.9. The van der Waals surface area contributed by atoms with Gasteiger partial charge < -0.3 is 14.5 Å². The van der Waals surface area contributed by atoms with Crippen LogP contribution in [0.15, 0.2) is 59.1 Å². The van der Waals surface area contributed by atoms with E-state index < -0.39 is 18.5 Å². The summed E-state index contributed by atoms with van der Waals surface area (Å²) in [6, 6.07) is 14.3. The summed E-state index contributed by atoms with van der Waals surface area (Å²) in [5.74, 6) is 0.0220. The second-order valence-corrected chi connectivity index (χ2v) is 6.83. The first kappa shape index (κ1) is 21.0. The van der Waals surface area contributed by atoms with E-state index in [1.807, 2.05) is 31.2 Å². The molecule has 0 atom stereocenters. The quantitative estimate of drug-likeness (QED) is 0.449. The Morgan fingerprint density at radius 1 is 1.03 bits per heavy atom. The Morgan fingerprint density at radius 3 is 2.40 bits per heavy atom. The molecule has 0 radical (unpaired) electrons. The Bertz CT molecular complexity index is 1040. The first-order valence-corrected chi connectivity index (χ1v) is 9.49. The van der Waals surface area contributed by atoms with Gasteiger partial charge >= 0.3 is 5.97 Å². The number of aromatic nitrogens is 1. The van der Waals surface area contributed by atoms with E-state index in [1.54, 1.807) is 30.5 Å². The summed E-state index contributed by atoms with van der Waals surface area (Å²) in [5, 5.41) is 2.60. The van der Waals surface area contributed by atoms with E-state index in [4.69, 9.17) is 9.15 Å². The Kier molecular flexibility index (Phi) is 6.75. The Morgan fingerprint density at radius 2 is 1.73 bits per heavy atom. The number of carbonyl (C=O) groups is 3. The summed E-state index contributed by atoms with van der Waals surface area (Å²) < 4.78 is 10.7. The molecule has 3 aromatic rings. The minimum absolute atomic E-state index is 0.0500. The van der Waals surface area contributed by atoms with Gasteiger partial charge in [0.1, 0.15) is 0 Å². The predicted molar refractivity (Wildman–Crippen MR) is 111 cm³/mol. The zero-order chi connectivity index (χ0) is 21.5. The number of rotatable bonds is 8. The molecular weight excluding hydrogens is 384 g/mol. The molecule has 0 unspecified atom stereocenters. The first-order chi connectivity index (χ1) is 14.4. The molecule has 1 heterocycles. The number of benzene rings is 2. The normalized spacial score (nSPS) is 10.5. The molecule has 0 spiro atoms.